The molecule has 0 aliphatic heterocycles. The first kappa shape index (κ1) is 17.8. The molecule has 5 nitrogen and oxygen atoms in total. The lowest BCUT2D eigenvalue weighted by molar-refractivity contribution is 0.378. The average Bonchev–Trinajstić information content (AvgIpc) is 2.64. The summed E-state index contributed by atoms with van der Waals surface area (Å²) in [5.41, 5.74) is 0.969. The van der Waals surface area contributed by atoms with Gasteiger partial charge in [-0.15, -0.1) is 0 Å². The molecular weight excluding hydrogens is 336 g/mol. The average molecular weight is 360 g/mol. The lowest BCUT2D eigenvalue weighted by Gasteiger charge is -2.33. The van der Waals surface area contributed by atoms with E-state index in [1.165, 1.54) is 0 Å². The molecule has 0 amide bonds. The van der Waals surface area contributed by atoms with Gasteiger partial charge in [-0.1, -0.05) is 31.0 Å². The highest BCUT2D eigenvalue weighted by atomic mass is 32.2. The normalized spacial score (nSPS) is 20.8. The van der Waals surface area contributed by atoms with Gasteiger partial charge in [0.1, 0.15) is 5.75 Å². The predicted molar refractivity (Wildman–Crippen MR) is 99.4 cm³/mol. The third-order valence-corrected chi connectivity index (χ3v) is 6.07. The molecule has 0 spiro atoms. The highest BCUT2D eigenvalue weighted by Gasteiger charge is 2.29. The van der Waals surface area contributed by atoms with Crippen molar-refractivity contribution in [1.29, 1.82) is 0 Å². The highest BCUT2D eigenvalue weighted by molar-refractivity contribution is 7.89. The second kappa shape index (κ2) is 7.89. The van der Waals surface area contributed by atoms with Crippen LogP contribution < -0.4 is 14.8 Å². The van der Waals surface area contributed by atoms with Crippen LogP contribution >= 0.6 is 0 Å². The fourth-order valence-corrected chi connectivity index (χ4v) is 4.55. The topological polar surface area (TPSA) is 67.4 Å². The standard InChI is InChI=1S/C19H24N2O3S/c1-24-16-13-11-15(12-14-16)20-18-9-5-6-10-19(18)21-25(22,23)17-7-3-2-4-8-17/h2-4,7-8,11-14,18-21H,5-6,9-10H2,1H3/t18-,19-/m1/s1. The van der Waals surface area contributed by atoms with E-state index in [1.807, 2.05) is 30.3 Å². The fourth-order valence-electron chi connectivity index (χ4n) is 3.21. The van der Waals surface area contributed by atoms with Crippen LogP contribution in [0.1, 0.15) is 25.7 Å². The van der Waals surface area contributed by atoms with Crippen LogP contribution in [0.25, 0.3) is 0 Å². The second-order valence-electron chi connectivity index (χ2n) is 6.30. The van der Waals surface area contributed by atoms with Crippen LogP contribution in [0.5, 0.6) is 5.75 Å². The van der Waals surface area contributed by atoms with E-state index in [9.17, 15) is 8.42 Å². The van der Waals surface area contributed by atoms with E-state index in [2.05, 4.69) is 10.0 Å². The van der Waals surface area contributed by atoms with E-state index >= 15 is 0 Å². The molecule has 134 valence electrons. The van der Waals surface area contributed by atoms with Crippen molar-refractivity contribution in [3.8, 4) is 5.75 Å². The molecule has 2 aromatic rings. The number of hydrogen-bond donors (Lipinski definition) is 2. The molecule has 0 radical (unpaired) electrons. The lowest BCUT2D eigenvalue weighted by atomic mass is 9.91. The minimum atomic E-state index is -3.51. The van der Waals surface area contributed by atoms with Gasteiger partial charge in [0.05, 0.1) is 12.0 Å². The Bertz CT molecular complexity index is 776. The maximum Gasteiger partial charge on any atom is 0.240 e. The first-order chi connectivity index (χ1) is 12.1. The molecule has 0 aromatic heterocycles. The largest absolute Gasteiger partial charge is 0.497 e. The van der Waals surface area contributed by atoms with Gasteiger partial charge in [-0.25, -0.2) is 13.1 Å². The summed E-state index contributed by atoms with van der Waals surface area (Å²) in [4.78, 5) is 0.309. The Morgan fingerprint density at radius 1 is 0.920 bits per heavy atom. The quantitative estimate of drug-likeness (QED) is 0.828. The van der Waals surface area contributed by atoms with Crippen molar-refractivity contribution in [2.24, 2.45) is 0 Å². The van der Waals surface area contributed by atoms with Crippen LogP contribution in [0.4, 0.5) is 5.69 Å². The predicted octanol–water partition coefficient (Wildman–Crippen LogP) is 3.40. The van der Waals surface area contributed by atoms with Crippen molar-refractivity contribution >= 4 is 15.7 Å². The number of benzene rings is 2. The van der Waals surface area contributed by atoms with Crippen LogP contribution in [-0.4, -0.2) is 27.6 Å². The summed E-state index contributed by atoms with van der Waals surface area (Å²) in [7, 11) is -1.87. The molecule has 2 atom stereocenters. The number of anilines is 1. The minimum absolute atomic E-state index is 0.0700. The van der Waals surface area contributed by atoms with E-state index in [0.29, 0.717) is 4.90 Å². The first-order valence-electron chi connectivity index (χ1n) is 8.56. The van der Waals surface area contributed by atoms with Gasteiger partial charge in [-0.3, -0.25) is 0 Å². The summed E-state index contributed by atoms with van der Waals surface area (Å²) in [6, 6.07) is 16.2. The maximum absolute atomic E-state index is 12.6. The molecular formula is C19H24N2O3S. The summed E-state index contributed by atoms with van der Waals surface area (Å²) in [5, 5.41) is 3.47. The molecule has 1 aliphatic carbocycles. The molecule has 0 bridgehead atoms. The zero-order valence-corrected chi connectivity index (χ0v) is 15.1. The van der Waals surface area contributed by atoms with Gasteiger partial charge in [0.2, 0.25) is 10.0 Å². The monoisotopic (exact) mass is 360 g/mol. The Labute approximate surface area is 149 Å². The Morgan fingerprint density at radius 3 is 2.20 bits per heavy atom. The molecule has 1 aliphatic rings. The number of rotatable bonds is 6. The zero-order chi connectivity index (χ0) is 17.7. The van der Waals surface area contributed by atoms with E-state index in [0.717, 1.165) is 37.1 Å². The number of nitrogens with one attached hydrogen (secondary N) is 2. The maximum atomic E-state index is 12.6. The van der Waals surface area contributed by atoms with Crippen LogP contribution in [0.15, 0.2) is 59.5 Å². The zero-order valence-electron chi connectivity index (χ0n) is 14.3. The number of hydrogen-bond acceptors (Lipinski definition) is 4. The fraction of sp³-hybridized carbons (Fsp3) is 0.368. The van der Waals surface area contributed by atoms with Gasteiger partial charge >= 0.3 is 0 Å². The van der Waals surface area contributed by atoms with Gasteiger partial charge in [0, 0.05) is 17.8 Å². The molecule has 0 saturated heterocycles. The van der Waals surface area contributed by atoms with Gasteiger partial charge in [-0.2, -0.15) is 0 Å². The highest BCUT2D eigenvalue weighted by Crippen LogP contribution is 2.25. The van der Waals surface area contributed by atoms with Crippen LogP contribution in [0.3, 0.4) is 0 Å². The van der Waals surface area contributed by atoms with Gasteiger partial charge in [0.25, 0.3) is 0 Å². The van der Waals surface area contributed by atoms with E-state index in [1.54, 1.807) is 31.4 Å². The molecule has 2 N–H and O–H groups in total. The molecule has 1 fully saturated rings. The van der Waals surface area contributed by atoms with Gasteiger partial charge in [-0.05, 0) is 49.2 Å². The minimum Gasteiger partial charge on any atom is -0.497 e. The second-order valence-corrected chi connectivity index (χ2v) is 8.02. The van der Waals surface area contributed by atoms with Crippen molar-refractivity contribution in [2.45, 2.75) is 42.7 Å². The Kier molecular flexibility index (Phi) is 5.60. The SMILES string of the molecule is COc1ccc(N[C@@H]2CCCC[C@H]2NS(=O)(=O)c2ccccc2)cc1. The number of ether oxygens (including phenoxy) is 1. The molecule has 0 unspecified atom stereocenters. The summed E-state index contributed by atoms with van der Waals surface area (Å²) in [6.45, 7) is 0. The van der Waals surface area contributed by atoms with Crippen molar-refractivity contribution < 1.29 is 13.2 Å². The Morgan fingerprint density at radius 2 is 1.56 bits per heavy atom. The molecule has 6 heteroatoms. The van der Waals surface area contributed by atoms with Crippen molar-refractivity contribution in [3.63, 3.8) is 0 Å². The van der Waals surface area contributed by atoms with Crippen molar-refractivity contribution in [3.05, 3.63) is 54.6 Å². The van der Waals surface area contributed by atoms with Gasteiger partial charge < -0.3 is 10.1 Å². The summed E-state index contributed by atoms with van der Waals surface area (Å²) < 4.78 is 33.3. The van der Waals surface area contributed by atoms with Crippen molar-refractivity contribution in [2.75, 3.05) is 12.4 Å². The Hall–Kier alpha value is -2.05. The molecule has 3 rings (SSSR count). The third kappa shape index (κ3) is 4.52. The van der Waals surface area contributed by atoms with Gasteiger partial charge in [0.15, 0.2) is 0 Å². The van der Waals surface area contributed by atoms with E-state index in [-0.39, 0.29) is 12.1 Å². The number of sulfonamides is 1. The molecule has 0 heterocycles. The van der Waals surface area contributed by atoms with Crippen LogP contribution in [0, 0.1) is 0 Å². The molecule has 2 aromatic carbocycles. The summed E-state index contributed by atoms with van der Waals surface area (Å²) in [5.74, 6) is 0.801. The number of methoxy groups -OCH3 is 1. The summed E-state index contributed by atoms with van der Waals surface area (Å²) in [6.07, 6.45) is 3.90. The third-order valence-electron chi connectivity index (χ3n) is 4.57. The Balaban J connectivity index is 1.72. The van der Waals surface area contributed by atoms with E-state index < -0.39 is 10.0 Å². The first-order valence-corrected chi connectivity index (χ1v) is 10.0. The summed E-state index contributed by atoms with van der Waals surface area (Å²) >= 11 is 0. The van der Waals surface area contributed by atoms with E-state index in [4.69, 9.17) is 4.74 Å². The van der Waals surface area contributed by atoms with Crippen LogP contribution in [0.2, 0.25) is 0 Å². The lowest BCUT2D eigenvalue weighted by Crippen LogP contribution is -2.48. The van der Waals surface area contributed by atoms with Crippen LogP contribution in [-0.2, 0) is 10.0 Å². The van der Waals surface area contributed by atoms with Crippen molar-refractivity contribution in [1.82, 2.24) is 4.72 Å². The smallest absolute Gasteiger partial charge is 0.240 e. The molecule has 1 saturated carbocycles. The molecule has 25 heavy (non-hydrogen) atoms.